The highest BCUT2D eigenvalue weighted by Crippen LogP contribution is 2.28. The average Bonchev–Trinajstić information content (AvgIpc) is 2.90. The minimum absolute atomic E-state index is 0.0364. The fourth-order valence-corrected chi connectivity index (χ4v) is 5.11. The number of halogens is 2. The molecule has 8 nitrogen and oxygen atoms in total. The molecule has 0 unspecified atom stereocenters. The van der Waals surface area contributed by atoms with Crippen LogP contribution in [0.25, 0.3) is 0 Å². The number of amides is 1. The molecule has 3 aromatic rings. The molecular weight excluding hydrogens is 545 g/mol. The van der Waals surface area contributed by atoms with Crippen LogP contribution in [0.15, 0.2) is 70.7 Å². The van der Waals surface area contributed by atoms with Crippen molar-refractivity contribution in [3.8, 4) is 11.5 Å². The molecule has 11 heteroatoms. The molecule has 0 aromatic heterocycles. The highest BCUT2D eigenvalue weighted by atomic mass is 35.5. The lowest BCUT2D eigenvalue weighted by molar-refractivity contribution is -0.121. The maximum Gasteiger partial charge on any atom is 0.255 e. The first-order valence-corrected chi connectivity index (χ1v) is 14.2. The summed E-state index contributed by atoms with van der Waals surface area (Å²) in [6.07, 6.45) is 2.25. The van der Waals surface area contributed by atoms with Crippen LogP contribution in [0.2, 0.25) is 5.02 Å². The van der Waals surface area contributed by atoms with Crippen LogP contribution in [0.3, 0.4) is 0 Å². The Kier molecular flexibility index (Phi) is 10.8. The maximum atomic E-state index is 14.5. The maximum absolute atomic E-state index is 14.5. The van der Waals surface area contributed by atoms with Gasteiger partial charge in [-0.25, -0.2) is 18.2 Å². The second-order valence-electron chi connectivity index (χ2n) is 8.57. The number of benzene rings is 3. The second kappa shape index (κ2) is 14.1. The smallest absolute Gasteiger partial charge is 0.255 e. The zero-order valence-corrected chi connectivity index (χ0v) is 23.6. The number of ether oxygens (including phenoxy) is 2. The Hall–Kier alpha value is -3.47. The SMILES string of the molecule is CCCOc1ccc(/C=N\NC(=O)CN(Cc2c(F)cccc2Cl)S(=O)(=O)c2ccc(C)cc2)cc1OCC. The van der Waals surface area contributed by atoms with Gasteiger partial charge in [0.05, 0.1) is 30.9 Å². The Morgan fingerprint density at radius 3 is 2.49 bits per heavy atom. The molecule has 208 valence electrons. The molecule has 0 bridgehead atoms. The molecule has 1 amide bonds. The summed E-state index contributed by atoms with van der Waals surface area (Å²) in [5, 5.41) is 4.00. The number of rotatable bonds is 13. The van der Waals surface area contributed by atoms with Crippen molar-refractivity contribution in [2.75, 3.05) is 19.8 Å². The number of hydrogen-bond acceptors (Lipinski definition) is 6. The Morgan fingerprint density at radius 2 is 1.82 bits per heavy atom. The minimum Gasteiger partial charge on any atom is -0.490 e. The van der Waals surface area contributed by atoms with Crippen molar-refractivity contribution in [3.63, 3.8) is 0 Å². The van der Waals surface area contributed by atoms with E-state index in [1.165, 1.54) is 36.5 Å². The van der Waals surface area contributed by atoms with E-state index in [9.17, 15) is 17.6 Å². The van der Waals surface area contributed by atoms with Gasteiger partial charge in [-0.15, -0.1) is 0 Å². The van der Waals surface area contributed by atoms with Gasteiger partial charge in [-0.1, -0.05) is 42.3 Å². The minimum atomic E-state index is -4.18. The third-order valence-electron chi connectivity index (χ3n) is 5.51. The van der Waals surface area contributed by atoms with Crippen LogP contribution >= 0.6 is 11.6 Å². The van der Waals surface area contributed by atoms with Crippen LogP contribution in [0.1, 0.15) is 37.0 Å². The molecular formula is C28H31ClFN3O5S. The largest absolute Gasteiger partial charge is 0.490 e. The van der Waals surface area contributed by atoms with Crippen molar-refractivity contribution in [1.29, 1.82) is 0 Å². The van der Waals surface area contributed by atoms with Crippen LogP contribution in [-0.4, -0.2) is 44.6 Å². The summed E-state index contributed by atoms with van der Waals surface area (Å²) in [4.78, 5) is 12.7. The van der Waals surface area contributed by atoms with E-state index < -0.39 is 34.8 Å². The van der Waals surface area contributed by atoms with E-state index in [-0.39, 0.29) is 15.5 Å². The van der Waals surface area contributed by atoms with Crippen LogP contribution in [0.4, 0.5) is 4.39 Å². The summed E-state index contributed by atoms with van der Waals surface area (Å²) >= 11 is 6.15. The molecule has 0 aliphatic carbocycles. The number of nitrogens with zero attached hydrogens (tertiary/aromatic N) is 2. The van der Waals surface area contributed by atoms with Gasteiger partial charge >= 0.3 is 0 Å². The number of aryl methyl sites for hydroxylation is 1. The lowest BCUT2D eigenvalue weighted by Gasteiger charge is -2.22. The van der Waals surface area contributed by atoms with Crippen LogP contribution in [0.5, 0.6) is 11.5 Å². The zero-order chi connectivity index (χ0) is 28.4. The Bertz CT molecular complexity index is 1390. The number of sulfonamides is 1. The third kappa shape index (κ3) is 8.26. The van der Waals surface area contributed by atoms with E-state index in [2.05, 4.69) is 10.5 Å². The van der Waals surface area contributed by atoms with E-state index in [0.717, 1.165) is 16.3 Å². The van der Waals surface area contributed by atoms with Gasteiger partial charge in [-0.3, -0.25) is 4.79 Å². The van der Waals surface area contributed by atoms with Crippen LogP contribution < -0.4 is 14.9 Å². The summed E-state index contributed by atoms with van der Waals surface area (Å²) in [5.41, 5.74) is 3.79. The van der Waals surface area contributed by atoms with Gasteiger partial charge in [0.1, 0.15) is 5.82 Å². The van der Waals surface area contributed by atoms with Gasteiger partial charge < -0.3 is 9.47 Å². The zero-order valence-electron chi connectivity index (χ0n) is 22.0. The summed E-state index contributed by atoms with van der Waals surface area (Å²) in [6.45, 7) is 5.60. The van der Waals surface area contributed by atoms with Crippen LogP contribution in [-0.2, 0) is 21.4 Å². The fourth-order valence-electron chi connectivity index (χ4n) is 3.52. The molecule has 0 atom stereocenters. The molecule has 0 spiro atoms. The summed E-state index contributed by atoms with van der Waals surface area (Å²) in [5.74, 6) is -0.258. The topological polar surface area (TPSA) is 97.3 Å². The Balaban J connectivity index is 1.79. The quantitative estimate of drug-likeness (QED) is 0.220. The number of hydrazone groups is 1. The van der Waals surface area contributed by atoms with E-state index >= 15 is 0 Å². The van der Waals surface area contributed by atoms with E-state index in [1.54, 1.807) is 30.3 Å². The van der Waals surface area contributed by atoms with Crippen molar-refractivity contribution >= 4 is 33.7 Å². The molecule has 0 heterocycles. The molecule has 0 saturated heterocycles. The second-order valence-corrected chi connectivity index (χ2v) is 10.9. The molecule has 0 saturated carbocycles. The first-order valence-electron chi connectivity index (χ1n) is 12.4. The highest BCUT2D eigenvalue weighted by molar-refractivity contribution is 7.89. The monoisotopic (exact) mass is 575 g/mol. The molecule has 0 radical (unpaired) electrons. The summed E-state index contributed by atoms with van der Waals surface area (Å²) in [6, 6.07) is 15.4. The first-order chi connectivity index (χ1) is 18.6. The lowest BCUT2D eigenvalue weighted by atomic mass is 10.2. The van der Waals surface area contributed by atoms with Gasteiger partial charge in [-0.2, -0.15) is 9.41 Å². The Labute approximate surface area is 233 Å². The predicted molar refractivity (Wildman–Crippen MR) is 149 cm³/mol. The Morgan fingerprint density at radius 1 is 1.08 bits per heavy atom. The molecule has 3 rings (SSSR count). The molecule has 39 heavy (non-hydrogen) atoms. The standard InChI is InChI=1S/C28H31ClFN3O5S/c1-4-15-38-26-14-11-21(16-27(26)37-5-2)17-31-32-28(34)19-33(18-23-24(29)7-6-8-25(23)30)39(35,36)22-12-9-20(3)10-13-22/h6-14,16-17H,4-5,15,18-19H2,1-3H3,(H,32,34)/b31-17-. The molecule has 0 aliphatic rings. The number of nitrogens with one attached hydrogen (secondary N) is 1. The van der Waals surface area contributed by atoms with Gasteiger partial charge in [0.25, 0.3) is 5.91 Å². The number of carbonyl (C=O) groups excluding carboxylic acids is 1. The van der Waals surface area contributed by atoms with E-state index in [4.69, 9.17) is 21.1 Å². The molecule has 0 fully saturated rings. The van der Waals surface area contributed by atoms with Crippen LogP contribution in [0, 0.1) is 12.7 Å². The molecule has 0 aliphatic heterocycles. The van der Waals surface area contributed by atoms with E-state index in [1.807, 2.05) is 20.8 Å². The number of hydrogen-bond donors (Lipinski definition) is 1. The van der Waals surface area contributed by atoms with Crippen molar-refractivity contribution < 1.29 is 27.1 Å². The van der Waals surface area contributed by atoms with Crippen molar-refractivity contribution in [1.82, 2.24) is 9.73 Å². The predicted octanol–water partition coefficient (Wildman–Crippen LogP) is 5.32. The van der Waals surface area contributed by atoms with E-state index in [0.29, 0.717) is 30.3 Å². The molecule has 3 aromatic carbocycles. The van der Waals surface area contributed by atoms with Crippen molar-refractivity contribution in [2.45, 2.75) is 38.6 Å². The highest BCUT2D eigenvalue weighted by Gasteiger charge is 2.28. The van der Waals surface area contributed by atoms with Gasteiger partial charge in [0, 0.05) is 17.1 Å². The normalized spacial score (nSPS) is 11.6. The summed E-state index contributed by atoms with van der Waals surface area (Å²) in [7, 11) is -4.18. The third-order valence-corrected chi connectivity index (χ3v) is 7.67. The molecule has 1 N–H and O–H groups in total. The fraction of sp³-hybridized carbons (Fsp3) is 0.286. The lowest BCUT2D eigenvalue weighted by Crippen LogP contribution is -2.39. The van der Waals surface area contributed by atoms with Gasteiger partial charge in [-0.05, 0) is 68.3 Å². The summed E-state index contributed by atoms with van der Waals surface area (Å²) < 4.78 is 53.5. The van der Waals surface area contributed by atoms with Gasteiger partial charge in [0.15, 0.2) is 11.5 Å². The number of carbonyl (C=O) groups is 1. The first kappa shape index (κ1) is 30.1. The van der Waals surface area contributed by atoms with Crippen molar-refractivity contribution in [3.05, 3.63) is 88.2 Å². The average molecular weight is 576 g/mol. The van der Waals surface area contributed by atoms with Crippen molar-refractivity contribution in [2.24, 2.45) is 5.10 Å². The van der Waals surface area contributed by atoms with Gasteiger partial charge in [0.2, 0.25) is 10.0 Å².